The Bertz CT molecular complexity index is 447. The fourth-order valence-corrected chi connectivity index (χ4v) is 3.97. The minimum atomic E-state index is -3.64. The number of carbonyl (C=O) groups is 2. The average molecular weight is 307 g/mol. The van der Waals surface area contributed by atoms with Gasteiger partial charge in [-0.05, 0) is 32.6 Å². The molecular weight excluding hydrogens is 286 g/mol. The molecule has 1 rings (SSSR count). The molecule has 1 atom stereocenters. The lowest BCUT2D eigenvalue weighted by Crippen LogP contribution is -2.48. The predicted octanol–water partition coefficient (Wildman–Crippen LogP) is 0.599. The van der Waals surface area contributed by atoms with Gasteiger partial charge in [0.25, 0.3) is 0 Å². The second kappa shape index (κ2) is 7.58. The molecule has 1 saturated heterocycles. The number of hydrogen-bond donors (Lipinski definition) is 1. The summed E-state index contributed by atoms with van der Waals surface area (Å²) < 4.78 is 30.1. The first-order chi connectivity index (χ1) is 9.38. The van der Waals surface area contributed by atoms with E-state index in [4.69, 9.17) is 9.84 Å². The van der Waals surface area contributed by atoms with Crippen molar-refractivity contribution < 1.29 is 27.9 Å². The van der Waals surface area contributed by atoms with Gasteiger partial charge in [0.2, 0.25) is 10.0 Å². The molecule has 20 heavy (non-hydrogen) atoms. The van der Waals surface area contributed by atoms with Gasteiger partial charge in [0.1, 0.15) is 6.04 Å². The number of carboxylic acid groups (broad SMARTS) is 1. The van der Waals surface area contributed by atoms with E-state index in [2.05, 4.69) is 0 Å². The van der Waals surface area contributed by atoms with E-state index in [1.165, 1.54) is 0 Å². The molecule has 1 aliphatic heterocycles. The van der Waals surface area contributed by atoms with Crippen LogP contribution < -0.4 is 0 Å². The van der Waals surface area contributed by atoms with Crippen molar-refractivity contribution in [1.82, 2.24) is 4.31 Å². The summed E-state index contributed by atoms with van der Waals surface area (Å²) >= 11 is 0. The Labute approximate surface area is 118 Å². The van der Waals surface area contributed by atoms with Gasteiger partial charge < -0.3 is 9.84 Å². The van der Waals surface area contributed by atoms with Crippen LogP contribution in [0.4, 0.5) is 0 Å². The van der Waals surface area contributed by atoms with Crippen LogP contribution in [0, 0.1) is 0 Å². The number of carbonyl (C=O) groups excluding carboxylic acids is 1. The largest absolute Gasteiger partial charge is 0.480 e. The molecule has 0 radical (unpaired) electrons. The molecule has 0 bridgehead atoms. The Morgan fingerprint density at radius 3 is 2.65 bits per heavy atom. The molecule has 0 aliphatic carbocycles. The summed E-state index contributed by atoms with van der Waals surface area (Å²) in [5.41, 5.74) is 0. The van der Waals surface area contributed by atoms with Crippen molar-refractivity contribution >= 4 is 22.0 Å². The number of sulfonamides is 1. The lowest BCUT2D eigenvalue weighted by Gasteiger charge is -2.31. The summed E-state index contributed by atoms with van der Waals surface area (Å²) in [6, 6.07) is -0.976. The molecule has 1 aliphatic rings. The summed E-state index contributed by atoms with van der Waals surface area (Å²) in [4.78, 5) is 22.3. The van der Waals surface area contributed by atoms with E-state index >= 15 is 0 Å². The highest BCUT2D eigenvalue weighted by atomic mass is 32.2. The van der Waals surface area contributed by atoms with Gasteiger partial charge in [0.15, 0.2) is 0 Å². The van der Waals surface area contributed by atoms with Crippen LogP contribution >= 0.6 is 0 Å². The molecule has 7 nitrogen and oxygen atoms in total. The minimum Gasteiger partial charge on any atom is -0.480 e. The summed E-state index contributed by atoms with van der Waals surface area (Å²) in [6.07, 6.45) is 1.89. The molecule has 0 saturated carbocycles. The van der Waals surface area contributed by atoms with Gasteiger partial charge in [-0.25, -0.2) is 8.42 Å². The molecule has 1 fully saturated rings. The van der Waals surface area contributed by atoms with E-state index in [1.54, 1.807) is 6.92 Å². The van der Waals surface area contributed by atoms with E-state index < -0.39 is 28.0 Å². The van der Waals surface area contributed by atoms with Crippen LogP contribution in [0.3, 0.4) is 0 Å². The molecule has 1 unspecified atom stereocenters. The van der Waals surface area contributed by atoms with Crippen molar-refractivity contribution in [2.24, 2.45) is 0 Å². The SMILES string of the molecule is CCOC(=O)CCCS(=O)(=O)N1CCCCC1C(=O)O. The third-order valence-electron chi connectivity index (χ3n) is 3.18. The molecular formula is C12H21NO6S. The molecule has 0 spiro atoms. The van der Waals surface area contributed by atoms with Crippen molar-refractivity contribution in [3.63, 3.8) is 0 Å². The summed E-state index contributed by atoms with van der Waals surface area (Å²) in [6.45, 7) is 2.18. The summed E-state index contributed by atoms with van der Waals surface area (Å²) in [5.74, 6) is -1.77. The van der Waals surface area contributed by atoms with E-state index in [0.717, 1.165) is 4.31 Å². The number of esters is 1. The Kier molecular flexibility index (Phi) is 6.41. The number of hydrogen-bond acceptors (Lipinski definition) is 5. The van der Waals surface area contributed by atoms with E-state index in [1.807, 2.05) is 0 Å². The highest BCUT2D eigenvalue weighted by Crippen LogP contribution is 2.21. The molecule has 1 N–H and O–H groups in total. The van der Waals surface area contributed by atoms with Gasteiger partial charge in [-0.1, -0.05) is 0 Å². The zero-order valence-electron chi connectivity index (χ0n) is 11.6. The van der Waals surface area contributed by atoms with Crippen LogP contribution in [-0.2, 0) is 24.3 Å². The summed E-state index contributed by atoms with van der Waals surface area (Å²) in [5, 5.41) is 9.08. The fraction of sp³-hybridized carbons (Fsp3) is 0.833. The summed E-state index contributed by atoms with van der Waals surface area (Å²) in [7, 11) is -3.64. The second-order valence-electron chi connectivity index (χ2n) is 4.69. The van der Waals surface area contributed by atoms with Gasteiger partial charge in [-0.3, -0.25) is 9.59 Å². The first-order valence-electron chi connectivity index (χ1n) is 6.76. The van der Waals surface area contributed by atoms with E-state index in [-0.39, 0.29) is 31.7 Å². The van der Waals surface area contributed by atoms with Gasteiger partial charge >= 0.3 is 11.9 Å². The van der Waals surface area contributed by atoms with E-state index in [9.17, 15) is 18.0 Å². The Morgan fingerprint density at radius 2 is 2.05 bits per heavy atom. The monoisotopic (exact) mass is 307 g/mol. The van der Waals surface area contributed by atoms with Crippen molar-refractivity contribution in [3.8, 4) is 0 Å². The van der Waals surface area contributed by atoms with Crippen LogP contribution in [0.2, 0.25) is 0 Å². The molecule has 116 valence electrons. The number of aliphatic carboxylic acids is 1. The topological polar surface area (TPSA) is 101 Å². The maximum Gasteiger partial charge on any atom is 0.322 e. The maximum absolute atomic E-state index is 12.2. The van der Waals surface area contributed by atoms with E-state index in [0.29, 0.717) is 19.3 Å². The zero-order chi connectivity index (χ0) is 15.2. The van der Waals surface area contributed by atoms with Gasteiger partial charge in [0, 0.05) is 13.0 Å². The van der Waals surface area contributed by atoms with Gasteiger partial charge in [0.05, 0.1) is 12.4 Å². The van der Waals surface area contributed by atoms with Crippen molar-refractivity contribution in [1.29, 1.82) is 0 Å². The van der Waals surface area contributed by atoms with Crippen LogP contribution in [-0.4, -0.2) is 54.7 Å². The Morgan fingerprint density at radius 1 is 1.35 bits per heavy atom. The van der Waals surface area contributed by atoms with Crippen LogP contribution in [0.15, 0.2) is 0 Å². The molecule has 0 amide bonds. The third kappa shape index (κ3) is 4.75. The normalized spacial score (nSPS) is 20.6. The lowest BCUT2D eigenvalue weighted by molar-refractivity contribution is -0.143. The number of carboxylic acids is 1. The van der Waals surface area contributed by atoms with Crippen molar-refractivity contribution in [2.75, 3.05) is 18.9 Å². The number of rotatable bonds is 7. The lowest BCUT2D eigenvalue weighted by atomic mass is 10.1. The number of piperidine rings is 1. The maximum atomic E-state index is 12.2. The highest BCUT2D eigenvalue weighted by Gasteiger charge is 2.36. The molecule has 0 aromatic rings. The Balaban J connectivity index is 2.58. The van der Waals surface area contributed by atoms with Crippen molar-refractivity contribution in [3.05, 3.63) is 0 Å². The Hall–Kier alpha value is -1.15. The second-order valence-corrected chi connectivity index (χ2v) is 6.73. The number of nitrogens with zero attached hydrogens (tertiary/aromatic N) is 1. The van der Waals surface area contributed by atoms with Crippen LogP contribution in [0.25, 0.3) is 0 Å². The fourth-order valence-electron chi connectivity index (χ4n) is 2.23. The standard InChI is InChI=1S/C12H21NO6S/c1-2-19-11(14)7-5-9-20(17,18)13-8-4-3-6-10(13)12(15)16/h10H,2-9H2,1H3,(H,15,16). The van der Waals surface area contributed by atoms with Gasteiger partial charge in [-0.15, -0.1) is 0 Å². The molecule has 8 heteroatoms. The zero-order valence-corrected chi connectivity index (χ0v) is 12.4. The molecule has 1 heterocycles. The average Bonchev–Trinajstić information content (AvgIpc) is 2.38. The van der Waals surface area contributed by atoms with Crippen LogP contribution in [0.1, 0.15) is 39.0 Å². The highest BCUT2D eigenvalue weighted by molar-refractivity contribution is 7.89. The minimum absolute atomic E-state index is 0.0264. The van der Waals surface area contributed by atoms with Crippen molar-refractivity contribution in [2.45, 2.75) is 45.1 Å². The first kappa shape index (κ1) is 16.9. The third-order valence-corrected chi connectivity index (χ3v) is 5.14. The molecule has 0 aromatic carbocycles. The number of ether oxygens (including phenoxy) is 1. The van der Waals surface area contributed by atoms with Gasteiger partial charge in [-0.2, -0.15) is 4.31 Å². The first-order valence-corrected chi connectivity index (χ1v) is 8.37. The van der Waals surface area contributed by atoms with Crippen LogP contribution in [0.5, 0.6) is 0 Å². The quantitative estimate of drug-likeness (QED) is 0.691. The predicted molar refractivity (Wildman–Crippen MR) is 71.6 cm³/mol. The smallest absolute Gasteiger partial charge is 0.322 e. The molecule has 0 aromatic heterocycles.